The molecule has 0 saturated heterocycles. The average molecular weight is 227 g/mol. The van der Waals surface area contributed by atoms with Crippen molar-refractivity contribution in [3.05, 3.63) is 18.2 Å². The number of aromatic amines is 1. The number of thioether (sulfide) groups is 1. The van der Waals surface area contributed by atoms with Crippen molar-refractivity contribution in [1.29, 1.82) is 0 Å². The molecule has 1 aromatic heterocycles. The molecule has 0 aliphatic carbocycles. The van der Waals surface area contributed by atoms with Gasteiger partial charge in [0.15, 0.2) is 0 Å². The van der Waals surface area contributed by atoms with Crippen LogP contribution in [-0.2, 0) is 13.0 Å². The van der Waals surface area contributed by atoms with Gasteiger partial charge in [-0.2, -0.15) is 11.8 Å². The predicted octanol–water partition coefficient (Wildman–Crippen LogP) is 2.79. The lowest BCUT2D eigenvalue weighted by Crippen LogP contribution is -2.36. The summed E-state index contributed by atoms with van der Waals surface area (Å²) in [4.78, 5) is 3.34. The van der Waals surface area contributed by atoms with Crippen molar-refractivity contribution < 1.29 is 4.57 Å². The van der Waals surface area contributed by atoms with E-state index >= 15 is 0 Å². The highest BCUT2D eigenvalue weighted by Gasteiger charge is 2.08. The molecule has 15 heavy (non-hydrogen) atoms. The van der Waals surface area contributed by atoms with Crippen molar-refractivity contribution in [2.24, 2.45) is 0 Å². The van der Waals surface area contributed by atoms with Crippen LogP contribution in [0.1, 0.15) is 38.9 Å². The number of rotatable bonds is 8. The molecule has 0 aromatic carbocycles. The second-order valence-corrected chi connectivity index (χ2v) is 5.04. The van der Waals surface area contributed by atoms with Crippen LogP contribution in [0, 0.1) is 0 Å². The van der Waals surface area contributed by atoms with Crippen molar-refractivity contribution in [2.45, 2.75) is 46.1 Å². The highest BCUT2D eigenvalue weighted by Crippen LogP contribution is 2.04. The molecule has 0 atom stereocenters. The van der Waals surface area contributed by atoms with Gasteiger partial charge in [0.05, 0.1) is 13.0 Å². The van der Waals surface area contributed by atoms with Crippen LogP contribution in [0.2, 0.25) is 0 Å². The van der Waals surface area contributed by atoms with Gasteiger partial charge >= 0.3 is 0 Å². The smallest absolute Gasteiger partial charge is 0.248 e. The number of aromatic nitrogens is 2. The van der Waals surface area contributed by atoms with E-state index in [1.54, 1.807) is 0 Å². The van der Waals surface area contributed by atoms with Crippen LogP contribution in [-0.4, -0.2) is 16.5 Å². The minimum atomic E-state index is 1.16. The summed E-state index contributed by atoms with van der Waals surface area (Å²) in [6.45, 7) is 5.64. The van der Waals surface area contributed by atoms with E-state index in [0.29, 0.717) is 0 Å². The number of hydrogen-bond donors (Lipinski definition) is 1. The minimum Gasteiger partial charge on any atom is -0.248 e. The Labute approximate surface area is 97.5 Å². The van der Waals surface area contributed by atoms with E-state index in [1.165, 1.54) is 43.0 Å². The molecule has 0 aliphatic rings. The quantitative estimate of drug-likeness (QED) is 0.535. The highest BCUT2D eigenvalue weighted by atomic mass is 32.2. The van der Waals surface area contributed by atoms with Crippen molar-refractivity contribution in [3.63, 3.8) is 0 Å². The molecule has 0 radical (unpaired) electrons. The maximum atomic E-state index is 3.34. The van der Waals surface area contributed by atoms with Gasteiger partial charge in [0.25, 0.3) is 5.82 Å². The first-order valence-electron chi connectivity index (χ1n) is 6.02. The second-order valence-electron chi connectivity index (χ2n) is 3.82. The summed E-state index contributed by atoms with van der Waals surface area (Å²) < 4.78 is 2.36. The van der Waals surface area contributed by atoms with Gasteiger partial charge in [-0.05, 0) is 18.6 Å². The summed E-state index contributed by atoms with van der Waals surface area (Å²) in [6, 6.07) is 0. The first-order valence-corrected chi connectivity index (χ1v) is 7.17. The molecule has 0 saturated carbocycles. The van der Waals surface area contributed by atoms with E-state index in [9.17, 15) is 0 Å². The molecule has 1 aromatic rings. The summed E-state index contributed by atoms with van der Waals surface area (Å²) in [6.07, 6.45) is 9.21. The number of hydrogen-bond acceptors (Lipinski definition) is 1. The molecule has 0 amide bonds. The van der Waals surface area contributed by atoms with E-state index in [0.717, 1.165) is 6.54 Å². The Kier molecular flexibility index (Phi) is 6.57. The number of nitrogens with one attached hydrogen (secondary N) is 1. The van der Waals surface area contributed by atoms with E-state index in [4.69, 9.17) is 0 Å². The Morgan fingerprint density at radius 1 is 1.27 bits per heavy atom. The maximum absolute atomic E-state index is 3.34. The zero-order valence-corrected chi connectivity index (χ0v) is 10.8. The molecule has 1 heterocycles. The molecular weight excluding hydrogens is 204 g/mol. The summed E-state index contributed by atoms with van der Waals surface area (Å²) in [7, 11) is 0. The van der Waals surface area contributed by atoms with E-state index < -0.39 is 0 Å². The number of aryl methyl sites for hydroxylation is 2. The maximum Gasteiger partial charge on any atom is 0.255 e. The standard InChI is InChI=1S/C12H22N2S/c1-3-5-8-14-9-7-13-12(14)6-11-15-10-4-2/h7,9H,3-6,8,10-11H2,1-2H3/p+1. The van der Waals surface area contributed by atoms with Gasteiger partial charge in [-0.3, -0.25) is 0 Å². The van der Waals surface area contributed by atoms with Crippen LogP contribution < -0.4 is 4.57 Å². The van der Waals surface area contributed by atoms with Crippen LogP contribution in [0.5, 0.6) is 0 Å². The van der Waals surface area contributed by atoms with Gasteiger partial charge in [-0.1, -0.05) is 20.3 Å². The third kappa shape index (κ3) is 4.74. The van der Waals surface area contributed by atoms with Gasteiger partial charge in [0, 0.05) is 5.75 Å². The molecule has 0 fully saturated rings. The lowest BCUT2D eigenvalue weighted by molar-refractivity contribution is -0.703. The van der Waals surface area contributed by atoms with E-state index in [-0.39, 0.29) is 0 Å². The van der Waals surface area contributed by atoms with Crippen LogP contribution in [0.4, 0.5) is 0 Å². The third-order valence-corrected chi connectivity index (χ3v) is 3.63. The largest absolute Gasteiger partial charge is 0.255 e. The summed E-state index contributed by atoms with van der Waals surface area (Å²) in [5.74, 6) is 3.91. The summed E-state index contributed by atoms with van der Waals surface area (Å²) >= 11 is 2.05. The van der Waals surface area contributed by atoms with Gasteiger partial charge < -0.3 is 0 Å². The number of imidazole rings is 1. The fraction of sp³-hybridized carbons (Fsp3) is 0.750. The lowest BCUT2D eigenvalue weighted by atomic mass is 10.3. The highest BCUT2D eigenvalue weighted by molar-refractivity contribution is 7.99. The molecule has 0 bridgehead atoms. The van der Waals surface area contributed by atoms with Gasteiger partial charge in [-0.25, -0.2) is 9.55 Å². The summed E-state index contributed by atoms with van der Waals surface area (Å²) in [5, 5.41) is 0. The van der Waals surface area contributed by atoms with Gasteiger partial charge in [-0.15, -0.1) is 0 Å². The fourth-order valence-corrected chi connectivity index (χ4v) is 2.40. The zero-order valence-electron chi connectivity index (χ0n) is 9.96. The zero-order chi connectivity index (χ0) is 10.9. The van der Waals surface area contributed by atoms with Crippen molar-refractivity contribution in [2.75, 3.05) is 11.5 Å². The van der Waals surface area contributed by atoms with Crippen molar-refractivity contribution in [1.82, 2.24) is 4.98 Å². The Bertz CT molecular complexity index is 258. The SMILES string of the molecule is CCCC[n+]1cc[nH]c1CCSCCC. The van der Waals surface area contributed by atoms with Crippen molar-refractivity contribution >= 4 is 11.8 Å². The monoisotopic (exact) mass is 227 g/mol. The first kappa shape index (κ1) is 12.6. The minimum absolute atomic E-state index is 1.16. The topological polar surface area (TPSA) is 19.7 Å². The van der Waals surface area contributed by atoms with Gasteiger partial charge in [0.1, 0.15) is 12.4 Å². The second kappa shape index (κ2) is 7.80. The van der Waals surface area contributed by atoms with Crippen LogP contribution >= 0.6 is 11.8 Å². The predicted molar refractivity (Wildman–Crippen MR) is 67.2 cm³/mol. The lowest BCUT2D eigenvalue weighted by Gasteiger charge is -2.00. The van der Waals surface area contributed by atoms with E-state index in [1.807, 2.05) is 0 Å². The molecule has 0 unspecified atom stereocenters. The van der Waals surface area contributed by atoms with E-state index in [2.05, 4.69) is 47.6 Å². The van der Waals surface area contributed by atoms with Gasteiger partial charge in [0.2, 0.25) is 0 Å². The molecular formula is C12H23N2S+. The molecule has 1 rings (SSSR count). The number of H-pyrrole nitrogens is 1. The van der Waals surface area contributed by atoms with Crippen LogP contribution in [0.25, 0.3) is 0 Å². The number of unbranched alkanes of at least 4 members (excludes halogenated alkanes) is 1. The Morgan fingerprint density at radius 3 is 2.87 bits per heavy atom. The molecule has 0 spiro atoms. The molecule has 0 aliphatic heterocycles. The molecule has 3 heteroatoms. The Hall–Kier alpha value is -0.440. The van der Waals surface area contributed by atoms with Crippen LogP contribution in [0.15, 0.2) is 12.4 Å². The molecule has 1 N–H and O–H groups in total. The third-order valence-electron chi connectivity index (χ3n) is 2.44. The fourth-order valence-electron chi connectivity index (χ4n) is 1.57. The average Bonchev–Trinajstić information content (AvgIpc) is 2.69. The Morgan fingerprint density at radius 2 is 2.13 bits per heavy atom. The van der Waals surface area contributed by atoms with Crippen LogP contribution in [0.3, 0.4) is 0 Å². The normalized spacial score (nSPS) is 10.8. The summed E-state index contributed by atoms with van der Waals surface area (Å²) in [5.41, 5.74) is 0. The van der Waals surface area contributed by atoms with Crippen molar-refractivity contribution in [3.8, 4) is 0 Å². The molecule has 86 valence electrons. The number of nitrogens with zero attached hydrogens (tertiary/aromatic N) is 1. The Balaban J connectivity index is 2.29. The molecule has 2 nitrogen and oxygen atoms in total. The first-order chi connectivity index (χ1) is 7.38.